The Kier molecular flexibility index (Phi) is 3.24. The van der Waals surface area contributed by atoms with Crippen LogP contribution in [-0.4, -0.2) is 29.0 Å². The van der Waals surface area contributed by atoms with Gasteiger partial charge in [-0.15, -0.1) is 11.3 Å². The minimum absolute atomic E-state index is 0.0982. The Morgan fingerprint density at radius 3 is 2.35 bits per heavy atom. The second-order valence-corrected chi connectivity index (χ2v) is 7.17. The lowest BCUT2D eigenvalue weighted by molar-refractivity contribution is -0.139. The molecule has 0 N–H and O–H groups in total. The standard InChI is InChI=1S/C15H17NO3S/c1-8-5-10-11(6-8)15(19)16(14(10)18)7-12(17)13-4-3-9(2)20-13/h3-4,8,10-11H,5-7H2,1-2H3. The van der Waals surface area contributed by atoms with E-state index in [1.165, 1.54) is 16.2 Å². The molecule has 0 aromatic carbocycles. The third-order valence-corrected chi connectivity index (χ3v) is 5.32. The number of amides is 2. The predicted molar refractivity (Wildman–Crippen MR) is 75.5 cm³/mol. The fraction of sp³-hybridized carbons (Fsp3) is 0.533. The number of fused-ring (bicyclic) bond motifs is 1. The summed E-state index contributed by atoms with van der Waals surface area (Å²) in [4.78, 5) is 39.5. The maximum Gasteiger partial charge on any atom is 0.233 e. The Labute approximate surface area is 121 Å². The van der Waals surface area contributed by atoms with Gasteiger partial charge in [0.1, 0.15) is 0 Å². The van der Waals surface area contributed by atoms with E-state index in [9.17, 15) is 14.4 Å². The topological polar surface area (TPSA) is 54.5 Å². The normalized spacial score (nSPS) is 29.1. The number of ketones is 1. The van der Waals surface area contributed by atoms with Crippen LogP contribution in [0.3, 0.4) is 0 Å². The summed E-state index contributed by atoms with van der Waals surface area (Å²) < 4.78 is 0. The molecule has 5 heteroatoms. The summed E-state index contributed by atoms with van der Waals surface area (Å²) in [5, 5.41) is 0. The van der Waals surface area contributed by atoms with E-state index in [-0.39, 0.29) is 36.0 Å². The number of imide groups is 1. The summed E-state index contributed by atoms with van der Waals surface area (Å²) in [7, 11) is 0. The minimum Gasteiger partial charge on any atom is -0.291 e. The fourth-order valence-electron chi connectivity index (χ4n) is 3.31. The third-order valence-electron chi connectivity index (χ3n) is 4.28. The monoisotopic (exact) mass is 291 g/mol. The molecule has 1 aromatic rings. The predicted octanol–water partition coefficient (Wildman–Crippen LogP) is 2.27. The molecule has 4 nitrogen and oxygen atoms in total. The lowest BCUT2D eigenvalue weighted by Gasteiger charge is -2.15. The number of carbonyl (C=O) groups is 3. The fourth-order valence-corrected chi connectivity index (χ4v) is 4.11. The maximum absolute atomic E-state index is 12.3. The van der Waals surface area contributed by atoms with Crippen molar-refractivity contribution in [2.24, 2.45) is 17.8 Å². The minimum atomic E-state index is -0.185. The van der Waals surface area contributed by atoms with Crippen molar-refractivity contribution in [3.63, 3.8) is 0 Å². The zero-order chi connectivity index (χ0) is 14.4. The first-order chi connectivity index (χ1) is 9.47. The number of Topliss-reactive ketones (excluding diaryl/α,β-unsaturated/α-hetero) is 1. The zero-order valence-corrected chi connectivity index (χ0v) is 12.4. The molecule has 0 radical (unpaired) electrons. The highest BCUT2D eigenvalue weighted by molar-refractivity contribution is 7.14. The number of rotatable bonds is 3. The van der Waals surface area contributed by atoms with Crippen LogP contribution in [-0.2, 0) is 9.59 Å². The quantitative estimate of drug-likeness (QED) is 0.634. The average molecular weight is 291 g/mol. The van der Waals surface area contributed by atoms with Crippen LogP contribution in [0.5, 0.6) is 0 Å². The summed E-state index contributed by atoms with van der Waals surface area (Å²) in [6.45, 7) is 3.90. The Morgan fingerprint density at radius 1 is 1.25 bits per heavy atom. The molecule has 2 amide bonds. The van der Waals surface area contributed by atoms with Gasteiger partial charge in [-0.05, 0) is 37.8 Å². The largest absolute Gasteiger partial charge is 0.291 e. The first kappa shape index (κ1) is 13.5. The van der Waals surface area contributed by atoms with Gasteiger partial charge < -0.3 is 0 Å². The lowest BCUT2D eigenvalue weighted by atomic mass is 10.00. The van der Waals surface area contributed by atoms with Gasteiger partial charge in [-0.2, -0.15) is 0 Å². The Morgan fingerprint density at radius 2 is 1.85 bits per heavy atom. The van der Waals surface area contributed by atoms with Crippen molar-refractivity contribution in [2.75, 3.05) is 6.54 Å². The van der Waals surface area contributed by atoms with Crippen LogP contribution in [0.2, 0.25) is 0 Å². The van der Waals surface area contributed by atoms with Gasteiger partial charge in [-0.3, -0.25) is 19.3 Å². The molecule has 3 rings (SSSR count). The molecule has 2 aliphatic rings. The van der Waals surface area contributed by atoms with Gasteiger partial charge in [-0.1, -0.05) is 6.92 Å². The molecule has 2 unspecified atom stereocenters. The SMILES string of the molecule is Cc1ccc(C(=O)CN2C(=O)C3CC(C)CC3C2=O)s1. The Hall–Kier alpha value is -1.49. The lowest BCUT2D eigenvalue weighted by Crippen LogP contribution is -2.36. The molecule has 1 saturated carbocycles. The van der Waals surface area contributed by atoms with Gasteiger partial charge in [-0.25, -0.2) is 0 Å². The second kappa shape index (κ2) is 4.81. The van der Waals surface area contributed by atoms with Crippen molar-refractivity contribution in [2.45, 2.75) is 26.7 Å². The molecule has 0 spiro atoms. The second-order valence-electron chi connectivity index (χ2n) is 5.89. The van der Waals surface area contributed by atoms with E-state index in [1.807, 2.05) is 13.0 Å². The van der Waals surface area contributed by atoms with Gasteiger partial charge >= 0.3 is 0 Å². The van der Waals surface area contributed by atoms with Crippen molar-refractivity contribution < 1.29 is 14.4 Å². The first-order valence-electron chi connectivity index (χ1n) is 6.92. The molecule has 0 bridgehead atoms. The summed E-state index contributed by atoms with van der Waals surface area (Å²) in [5.74, 6) is -0.379. The van der Waals surface area contributed by atoms with Crippen LogP contribution in [0.1, 0.15) is 34.3 Å². The van der Waals surface area contributed by atoms with Gasteiger partial charge in [0.2, 0.25) is 11.8 Å². The van der Waals surface area contributed by atoms with Gasteiger partial charge in [0.25, 0.3) is 0 Å². The van der Waals surface area contributed by atoms with Crippen molar-refractivity contribution in [1.29, 1.82) is 0 Å². The van der Waals surface area contributed by atoms with E-state index >= 15 is 0 Å². The number of aryl methyl sites for hydroxylation is 1. The van der Waals surface area contributed by atoms with Crippen molar-refractivity contribution in [3.05, 3.63) is 21.9 Å². The summed E-state index contributed by atoms with van der Waals surface area (Å²) >= 11 is 1.40. The highest BCUT2D eigenvalue weighted by atomic mass is 32.1. The maximum atomic E-state index is 12.3. The molecular weight excluding hydrogens is 274 g/mol. The molecule has 1 aliphatic heterocycles. The summed E-state index contributed by atoms with van der Waals surface area (Å²) in [6, 6.07) is 3.64. The van der Waals surface area contributed by atoms with Gasteiger partial charge in [0.15, 0.2) is 5.78 Å². The van der Waals surface area contributed by atoms with Crippen LogP contribution >= 0.6 is 11.3 Å². The molecule has 2 fully saturated rings. The molecule has 1 aromatic heterocycles. The van der Waals surface area contributed by atoms with Crippen LogP contribution in [0.15, 0.2) is 12.1 Å². The van der Waals surface area contributed by atoms with E-state index < -0.39 is 0 Å². The van der Waals surface area contributed by atoms with Crippen molar-refractivity contribution in [1.82, 2.24) is 4.90 Å². The Bertz CT molecular complexity index is 568. The van der Waals surface area contributed by atoms with E-state index in [1.54, 1.807) is 6.07 Å². The van der Waals surface area contributed by atoms with E-state index in [0.717, 1.165) is 17.7 Å². The molecule has 1 saturated heterocycles. The van der Waals surface area contributed by atoms with Crippen molar-refractivity contribution in [3.8, 4) is 0 Å². The van der Waals surface area contributed by atoms with Gasteiger partial charge in [0.05, 0.1) is 23.3 Å². The highest BCUT2D eigenvalue weighted by Crippen LogP contribution is 2.42. The number of thiophene rings is 1. The number of nitrogens with zero attached hydrogens (tertiary/aromatic N) is 1. The molecule has 1 aliphatic carbocycles. The molecule has 2 atom stereocenters. The van der Waals surface area contributed by atoms with E-state index in [2.05, 4.69) is 6.92 Å². The van der Waals surface area contributed by atoms with E-state index in [4.69, 9.17) is 0 Å². The van der Waals surface area contributed by atoms with Gasteiger partial charge in [0, 0.05) is 4.88 Å². The zero-order valence-electron chi connectivity index (χ0n) is 11.6. The number of hydrogen-bond donors (Lipinski definition) is 0. The summed E-state index contributed by atoms with van der Waals surface area (Å²) in [5.41, 5.74) is 0. The van der Waals surface area contributed by atoms with Crippen LogP contribution in [0.4, 0.5) is 0 Å². The van der Waals surface area contributed by atoms with Crippen LogP contribution in [0.25, 0.3) is 0 Å². The molecule has 20 heavy (non-hydrogen) atoms. The summed E-state index contributed by atoms with van der Waals surface area (Å²) in [6.07, 6.45) is 1.55. The van der Waals surface area contributed by atoms with E-state index in [0.29, 0.717) is 10.8 Å². The third kappa shape index (κ3) is 2.10. The number of carbonyl (C=O) groups excluding carboxylic acids is 3. The highest BCUT2D eigenvalue weighted by Gasteiger charge is 2.51. The number of likely N-dealkylation sites (tertiary alicyclic amines) is 1. The van der Waals surface area contributed by atoms with Crippen LogP contribution < -0.4 is 0 Å². The molecule has 106 valence electrons. The number of hydrogen-bond acceptors (Lipinski definition) is 4. The Balaban J connectivity index is 1.74. The average Bonchev–Trinajstić information content (AvgIpc) is 3.04. The van der Waals surface area contributed by atoms with Crippen LogP contribution in [0, 0.1) is 24.7 Å². The van der Waals surface area contributed by atoms with Crippen molar-refractivity contribution >= 4 is 28.9 Å². The smallest absolute Gasteiger partial charge is 0.233 e. The molecular formula is C15H17NO3S. The molecule has 2 heterocycles. The first-order valence-corrected chi connectivity index (χ1v) is 7.74.